The van der Waals surface area contributed by atoms with Crippen molar-refractivity contribution >= 4 is 16.9 Å². The highest BCUT2D eigenvalue weighted by atomic mass is 16.5. The van der Waals surface area contributed by atoms with Crippen LogP contribution < -0.4 is 5.32 Å². The Bertz CT molecular complexity index is 1400. The first-order valence-corrected chi connectivity index (χ1v) is 13.1. The van der Waals surface area contributed by atoms with Crippen molar-refractivity contribution in [2.45, 2.75) is 56.8 Å². The number of aromatic amines is 1. The lowest BCUT2D eigenvalue weighted by Crippen LogP contribution is -2.38. The number of carbonyl (C=O) groups is 1. The molecule has 38 heavy (non-hydrogen) atoms. The Kier molecular flexibility index (Phi) is 8.04. The number of nitrogens with zero attached hydrogens (tertiary/aromatic N) is 1. The highest BCUT2D eigenvalue weighted by Gasteiger charge is 2.23. The van der Waals surface area contributed by atoms with Crippen LogP contribution in [0.15, 0.2) is 96.2 Å². The molecule has 2 aliphatic carbocycles. The van der Waals surface area contributed by atoms with E-state index in [1.807, 2.05) is 48.8 Å². The average Bonchev–Trinajstić information content (AvgIpc) is 3.57. The zero-order chi connectivity index (χ0) is 26.3. The van der Waals surface area contributed by atoms with Gasteiger partial charge in [0.05, 0.1) is 12.4 Å². The van der Waals surface area contributed by atoms with Crippen LogP contribution in [0.4, 0.5) is 0 Å². The van der Waals surface area contributed by atoms with Gasteiger partial charge in [0.25, 0.3) is 5.91 Å². The number of hydrogen-bond donors (Lipinski definition) is 3. The fourth-order valence-corrected chi connectivity index (χ4v) is 4.79. The van der Waals surface area contributed by atoms with Crippen molar-refractivity contribution in [1.29, 1.82) is 0 Å². The third-order valence-electron chi connectivity index (χ3n) is 6.88. The summed E-state index contributed by atoms with van der Waals surface area (Å²) in [5.41, 5.74) is 3.60. The van der Waals surface area contributed by atoms with E-state index < -0.39 is 0 Å². The largest absolute Gasteiger partial charge is 0.487 e. The maximum Gasteiger partial charge on any atom is 0.287 e. The Morgan fingerprint density at radius 3 is 2.92 bits per heavy atom. The molecule has 1 atom stereocenters. The topological polar surface area (TPSA) is 100 Å². The lowest BCUT2D eigenvalue weighted by Gasteiger charge is -2.25. The Labute approximate surface area is 222 Å². The number of aromatic nitrogens is 2. The number of ether oxygens (including phenoxy) is 1. The second-order valence-corrected chi connectivity index (χ2v) is 9.78. The number of aliphatic hydroxyl groups excluding tert-OH is 1. The number of amides is 1. The molecule has 3 aromatic rings. The number of pyridine rings is 1. The minimum absolute atomic E-state index is 0.0436. The number of furan rings is 1. The fraction of sp³-hybridized carbons (Fsp3) is 0.290. The molecule has 1 amide bonds. The third kappa shape index (κ3) is 6.42. The molecule has 0 radical (unpaired) electrons. The van der Waals surface area contributed by atoms with Crippen molar-refractivity contribution in [3.8, 4) is 11.1 Å². The monoisotopic (exact) mass is 511 g/mol. The molecule has 1 unspecified atom stereocenters. The van der Waals surface area contributed by atoms with Crippen LogP contribution in [0, 0.1) is 0 Å². The molecular weight excluding hydrogens is 478 g/mol. The summed E-state index contributed by atoms with van der Waals surface area (Å²) in [5, 5.41) is 13.7. The number of fused-ring (bicyclic) bond motifs is 1. The SMILES string of the molecule is C=C(/C=C\C=C/Cc1cnc2[nH]cc(-c3coc(C(=O)NC4CCC(O)CC4)c3)c2c1)OC1C=CC=CC1. The van der Waals surface area contributed by atoms with Crippen LogP contribution in [0.5, 0.6) is 0 Å². The number of H-pyrrole nitrogens is 1. The minimum Gasteiger partial charge on any atom is -0.487 e. The van der Waals surface area contributed by atoms with Gasteiger partial charge in [-0.15, -0.1) is 0 Å². The highest BCUT2D eigenvalue weighted by molar-refractivity contribution is 5.97. The number of aliphatic hydroxyl groups is 1. The molecule has 7 heteroatoms. The average molecular weight is 512 g/mol. The van der Waals surface area contributed by atoms with E-state index in [9.17, 15) is 9.90 Å². The number of hydrogen-bond acceptors (Lipinski definition) is 5. The number of allylic oxidation sites excluding steroid dienone is 6. The Hall–Kier alpha value is -4.10. The molecule has 0 bridgehead atoms. The Morgan fingerprint density at radius 2 is 2.11 bits per heavy atom. The molecule has 0 saturated heterocycles. The molecule has 1 fully saturated rings. The summed E-state index contributed by atoms with van der Waals surface area (Å²) in [6.45, 7) is 3.96. The predicted molar refractivity (Wildman–Crippen MR) is 148 cm³/mol. The second kappa shape index (κ2) is 12.0. The van der Waals surface area contributed by atoms with Crippen molar-refractivity contribution in [3.63, 3.8) is 0 Å². The van der Waals surface area contributed by atoms with Crippen LogP contribution in [0.1, 0.15) is 48.2 Å². The van der Waals surface area contributed by atoms with E-state index in [0.29, 0.717) is 18.6 Å². The van der Waals surface area contributed by atoms with E-state index in [4.69, 9.17) is 9.15 Å². The molecule has 3 N–H and O–H groups in total. The number of nitrogens with one attached hydrogen (secondary N) is 2. The van der Waals surface area contributed by atoms with Crippen LogP contribution in [-0.2, 0) is 11.2 Å². The van der Waals surface area contributed by atoms with Gasteiger partial charge in [-0.2, -0.15) is 0 Å². The molecule has 0 aliphatic heterocycles. The second-order valence-electron chi connectivity index (χ2n) is 9.78. The summed E-state index contributed by atoms with van der Waals surface area (Å²) >= 11 is 0. The van der Waals surface area contributed by atoms with Crippen molar-refractivity contribution in [1.82, 2.24) is 15.3 Å². The molecule has 3 aromatic heterocycles. The summed E-state index contributed by atoms with van der Waals surface area (Å²) in [5.74, 6) is 0.681. The summed E-state index contributed by atoms with van der Waals surface area (Å²) in [6, 6.07) is 3.94. The third-order valence-corrected chi connectivity index (χ3v) is 6.88. The summed E-state index contributed by atoms with van der Waals surface area (Å²) in [7, 11) is 0. The van der Waals surface area contributed by atoms with Crippen molar-refractivity contribution in [2.24, 2.45) is 0 Å². The minimum atomic E-state index is -0.257. The zero-order valence-electron chi connectivity index (χ0n) is 21.3. The van der Waals surface area contributed by atoms with E-state index in [1.165, 1.54) is 0 Å². The van der Waals surface area contributed by atoms with E-state index in [-0.39, 0.29) is 29.9 Å². The summed E-state index contributed by atoms with van der Waals surface area (Å²) < 4.78 is 11.4. The molecule has 1 saturated carbocycles. The summed E-state index contributed by atoms with van der Waals surface area (Å²) in [6.07, 6.45) is 25.6. The van der Waals surface area contributed by atoms with E-state index in [1.54, 1.807) is 12.3 Å². The molecule has 3 heterocycles. The lowest BCUT2D eigenvalue weighted by molar-refractivity contribution is 0.0843. The van der Waals surface area contributed by atoms with Crippen LogP contribution in [-0.4, -0.2) is 39.2 Å². The van der Waals surface area contributed by atoms with Crippen molar-refractivity contribution in [3.05, 3.63) is 103 Å². The maximum absolute atomic E-state index is 12.7. The quantitative estimate of drug-likeness (QED) is 0.244. The lowest BCUT2D eigenvalue weighted by atomic mass is 9.93. The molecular formula is C31H33N3O4. The van der Waals surface area contributed by atoms with Crippen LogP contribution >= 0.6 is 0 Å². The first kappa shape index (κ1) is 25.5. The zero-order valence-corrected chi connectivity index (χ0v) is 21.3. The fourth-order valence-electron chi connectivity index (χ4n) is 4.79. The molecule has 0 aromatic carbocycles. The van der Waals surface area contributed by atoms with Gasteiger partial charge in [-0.25, -0.2) is 4.98 Å². The first-order chi connectivity index (χ1) is 18.5. The van der Waals surface area contributed by atoms with Gasteiger partial charge in [0.1, 0.15) is 17.5 Å². The molecule has 7 nitrogen and oxygen atoms in total. The van der Waals surface area contributed by atoms with Gasteiger partial charge in [-0.1, -0.05) is 43.0 Å². The predicted octanol–water partition coefficient (Wildman–Crippen LogP) is 5.93. The van der Waals surface area contributed by atoms with Gasteiger partial charge >= 0.3 is 0 Å². The van der Waals surface area contributed by atoms with E-state index in [0.717, 1.165) is 53.4 Å². The van der Waals surface area contributed by atoms with E-state index in [2.05, 4.69) is 40.1 Å². The van der Waals surface area contributed by atoms with Crippen LogP contribution in [0.3, 0.4) is 0 Å². The Balaban J connectivity index is 1.19. The molecule has 2 aliphatic rings. The molecule has 0 spiro atoms. The molecule has 5 rings (SSSR count). The standard InChI is InChI=1S/C31H33N3O4/c1-21(38-26-10-6-3-7-11-26)8-4-2-5-9-22-16-27-28(19-33-30(27)32-18-22)23-17-29(37-20-23)31(36)34-24-12-14-25(35)15-13-24/h2-8,10,16-20,24-26,35H,1,9,11-15H2,(H,32,33)(H,34,36)/b5-2-,8-4-. The maximum atomic E-state index is 12.7. The first-order valence-electron chi connectivity index (χ1n) is 13.1. The smallest absolute Gasteiger partial charge is 0.287 e. The van der Waals surface area contributed by atoms with Gasteiger partial charge in [0.2, 0.25) is 0 Å². The Morgan fingerprint density at radius 1 is 1.24 bits per heavy atom. The number of carbonyl (C=O) groups excluding carboxylic acids is 1. The normalized spacial score (nSPS) is 21.4. The van der Waals surface area contributed by atoms with Crippen molar-refractivity contribution in [2.75, 3.05) is 0 Å². The number of rotatable bonds is 9. The van der Waals surface area contributed by atoms with E-state index >= 15 is 0 Å². The highest BCUT2D eigenvalue weighted by Crippen LogP contribution is 2.30. The van der Waals surface area contributed by atoms with Gasteiger partial charge in [0, 0.05) is 41.4 Å². The van der Waals surface area contributed by atoms with Gasteiger partial charge in [-0.05, 0) is 62.0 Å². The van der Waals surface area contributed by atoms with Gasteiger partial charge in [0.15, 0.2) is 5.76 Å². The van der Waals surface area contributed by atoms with Gasteiger partial charge in [-0.3, -0.25) is 4.79 Å². The van der Waals surface area contributed by atoms with Crippen LogP contribution in [0.2, 0.25) is 0 Å². The molecule has 196 valence electrons. The van der Waals surface area contributed by atoms with Gasteiger partial charge < -0.3 is 24.6 Å². The summed E-state index contributed by atoms with van der Waals surface area (Å²) in [4.78, 5) is 20.5. The van der Waals surface area contributed by atoms with Crippen molar-refractivity contribution < 1.29 is 19.1 Å². The van der Waals surface area contributed by atoms with Crippen LogP contribution in [0.25, 0.3) is 22.2 Å².